The van der Waals surface area contributed by atoms with Crippen molar-refractivity contribution in [3.63, 3.8) is 0 Å². The highest BCUT2D eigenvalue weighted by molar-refractivity contribution is 5.28. The monoisotopic (exact) mass is 358 g/mol. The van der Waals surface area contributed by atoms with Crippen LogP contribution in [0, 0.1) is 29.1 Å². The molecule has 4 fully saturated rings. The minimum absolute atomic E-state index is 0.0758. The Balaban J connectivity index is 1.22. The molecule has 6 rings (SSSR count). The maximum Gasteiger partial charge on any atom is 0.160 e. The first kappa shape index (κ1) is 16.6. The van der Waals surface area contributed by atoms with E-state index in [1.54, 1.807) is 5.57 Å². The predicted molar refractivity (Wildman–Crippen MR) is 99.6 cm³/mol. The van der Waals surface area contributed by atoms with Crippen LogP contribution in [0.25, 0.3) is 0 Å². The second kappa shape index (κ2) is 5.81. The average molecular weight is 359 g/mol. The number of fused-ring (bicyclic) bond motifs is 5. The maximum absolute atomic E-state index is 6.06. The molecule has 1 spiro atoms. The normalized spacial score (nSPS) is 51.1. The van der Waals surface area contributed by atoms with Gasteiger partial charge in [-0.3, -0.25) is 0 Å². The molecule has 1 unspecified atom stereocenters. The molecule has 6 aliphatic rings. The highest BCUT2D eigenvalue weighted by atomic mass is 16.7. The molecule has 0 N–H and O–H groups in total. The minimum atomic E-state index is 0.0758. The number of allylic oxidation sites excluding steroid dienone is 2. The third kappa shape index (κ3) is 2.23. The van der Waals surface area contributed by atoms with Gasteiger partial charge in [-0.25, -0.2) is 0 Å². The summed E-state index contributed by atoms with van der Waals surface area (Å²) in [6, 6.07) is 0. The zero-order valence-electron chi connectivity index (χ0n) is 16.3. The molecule has 0 aromatic rings. The number of hydrogen-bond donors (Lipinski definition) is 0. The Kier molecular flexibility index (Phi) is 3.70. The van der Waals surface area contributed by atoms with Crippen LogP contribution in [-0.2, 0) is 14.2 Å². The molecule has 2 heterocycles. The van der Waals surface area contributed by atoms with E-state index in [0.29, 0.717) is 16.9 Å². The van der Waals surface area contributed by atoms with Crippen LogP contribution in [0.4, 0.5) is 0 Å². The number of epoxide rings is 1. The second-order valence-corrected chi connectivity index (χ2v) is 10.3. The van der Waals surface area contributed by atoms with Gasteiger partial charge in [0, 0.05) is 11.3 Å². The van der Waals surface area contributed by atoms with Gasteiger partial charge in [0.15, 0.2) is 6.29 Å². The van der Waals surface area contributed by atoms with Crippen LogP contribution >= 0.6 is 0 Å². The Morgan fingerprint density at radius 3 is 2.62 bits per heavy atom. The van der Waals surface area contributed by atoms with E-state index in [9.17, 15) is 0 Å². The summed E-state index contributed by atoms with van der Waals surface area (Å²) in [5.74, 6) is 3.35. The molecule has 3 nitrogen and oxygen atoms in total. The Labute approximate surface area is 157 Å². The van der Waals surface area contributed by atoms with E-state index in [4.69, 9.17) is 14.2 Å². The van der Waals surface area contributed by atoms with E-state index in [-0.39, 0.29) is 6.29 Å². The van der Waals surface area contributed by atoms with E-state index in [1.165, 1.54) is 57.8 Å². The predicted octanol–water partition coefficient (Wildman–Crippen LogP) is 4.85. The Bertz CT molecular complexity index is 615. The number of rotatable bonds is 1. The van der Waals surface area contributed by atoms with Gasteiger partial charge >= 0.3 is 0 Å². The van der Waals surface area contributed by atoms with Gasteiger partial charge in [-0.1, -0.05) is 18.1 Å². The molecule has 0 aromatic carbocycles. The van der Waals surface area contributed by atoms with Crippen molar-refractivity contribution >= 4 is 0 Å². The molecule has 3 heteroatoms. The summed E-state index contributed by atoms with van der Waals surface area (Å²) in [6.07, 6.45) is 13.3. The third-order valence-corrected chi connectivity index (χ3v) is 9.43. The molecule has 0 radical (unpaired) electrons. The summed E-state index contributed by atoms with van der Waals surface area (Å²) in [5.41, 5.74) is 4.46. The first-order chi connectivity index (χ1) is 12.7. The minimum Gasteiger partial charge on any atom is -0.369 e. The molecule has 2 saturated heterocycles. The van der Waals surface area contributed by atoms with Crippen molar-refractivity contribution < 1.29 is 14.2 Å². The van der Waals surface area contributed by atoms with E-state index in [2.05, 4.69) is 6.92 Å². The summed E-state index contributed by atoms with van der Waals surface area (Å²) in [5, 5.41) is 0. The zero-order chi connectivity index (χ0) is 17.4. The largest absolute Gasteiger partial charge is 0.369 e. The molecule has 0 bridgehead atoms. The molecule has 2 aliphatic heterocycles. The van der Waals surface area contributed by atoms with Crippen LogP contribution in [0.3, 0.4) is 0 Å². The molecule has 0 aromatic heterocycles. The molecule has 4 aliphatic carbocycles. The second-order valence-electron chi connectivity index (χ2n) is 10.3. The number of ether oxygens (including phenoxy) is 3. The van der Waals surface area contributed by atoms with Crippen LogP contribution < -0.4 is 0 Å². The van der Waals surface area contributed by atoms with Crippen LogP contribution in [-0.4, -0.2) is 31.7 Å². The van der Waals surface area contributed by atoms with Gasteiger partial charge in [-0.2, -0.15) is 0 Å². The van der Waals surface area contributed by atoms with E-state index in [1.807, 2.05) is 5.57 Å². The standard InChI is InChI=1S/C23H34O3/c1-22-9-7-18-17-5-4-16(21-24-11-2-12-25-21)13-15(17)3-6-19(18)20(22)8-10-23(22)14-26-23/h16,18-21H,2-14H2,1H3/t16?,18-,19-,20+,22+,23-/m1/s1. The van der Waals surface area contributed by atoms with Gasteiger partial charge in [0.2, 0.25) is 0 Å². The van der Waals surface area contributed by atoms with Crippen molar-refractivity contribution in [1.29, 1.82) is 0 Å². The summed E-state index contributed by atoms with van der Waals surface area (Å²) in [7, 11) is 0. The quantitative estimate of drug-likeness (QED) is 0.496. The first-order valence-corrected chi connectivity index (χ1v) is 11.3. The van der Waals surface area contributed by atoms with Crippen molar-refractivity contribution in [1.82, 2.24) is 0 Å². The maximum atomic E-state index is 6.06. The van der Waals surface area contributed by atoms with Crippen LogP contribution in [0.5, 0.6) is 0 Å². The van der Waals surface area contributed by atoms with E-state index in [0.717, 1.165) is 44.0 Å². The molecule has 144 valence electrons. The third-order valence-electron chi connectivity index (χ3n) is 9.43. The van der Waals surface area contributed by atoms with Gasteiger partial charge in [0.1, 0.15) is 0 Å². The highest BCUT2D eigenvalue weighted by Gasteiger charge is 2.68. The van der Waals surface area contributed by atoms with Crippen molar-refractivity contribution in [2.75, 3.05) is 19.8 Å². The lowest BCUT2D eigenvalue weighted by Crippen LogP contribution is -2.47. The first-order valence-electron chi connectivity index (χ1n) is 11.3. The van der Waals surface area contributed by atoms with E-state index < -0.39 is 0 Å². The lowest BCUT2D eigenvalue weighted by Gasteiger charge is -2.52. The SMILES string of the molecule is C[C@]12CC[C@@H]3C4=C(CC[C@H]3[C@@H]1CC[C@@]21CO1)CC(C1OCCCO1)CC4. The molecule has 2 saturated carbocycles. The van der Waals surface area contributed by atoms with Gasteiger partial charge < -0.3 is 14.2 Å². The Morgan fingerprint density at radius 1 is 0.962 bits per heavy atom. The van der Waals surface area contributed by atoms with Gasteiger partial charge in [-0.15, -0.1) is 0 Å². The molecule has 6 atom stereocenters. The van der Waals surface area contributed by atoms with Crippen molar-refractivity contribution in [2.24, 2.45) is 29.1 Å². The topological polar surface area (TPSA) is 31.0 Å². The summed E-state index contributed by atoms with van der Waals surface area (Å²) in [4.78, 5) is 0. The molecular formula is C23H34O3. The fourth-order valence-corrected chi connectivity index (χ4v) is 7.91. The smallest absolute Gasteiger partial charge is 0.160 e. The zero-order valence-corrected chi connectivity index (χ0v) is 16.3. The fraction of sp³-hybridized carbons (Fsp3) is 0.913. The molecule has 26 heavy (non-hydrogen) atoms. The van der Waals surface area contributed by atoms with E-state index >= 15 is 0 Å². The Morgan fingerprint density at radius 2 is 1.81 bits per heavy atom. The van der Waals surface area contributed by atoms with Gasteiger partial charge in [0.25, 0.3) is 0 Å². The van der Waals surface area contributed by atoms with Crippen LogP contribution in [0.2, 0.25) is 0 Å². The number of hydrogen-bond acceptors (Lipinski definition) is 3. The van der Waals surface area contributed by atoms with Crippen LogP contribution in [0.15, 0.2) is 11.1 Å². The van der Waals surface area contributed by atoms with Crippen molar-refractivity contribution in [3.05, 3.63) is 11.1 Å². The molecular weight excluding hydrogens is 324 g/mol. The summed E-state index contributed by atoms with van der Waals surface area (Å²) in [6.45, 7) is 5.41. The fourth-order valence-electron chi connectivity index (χ4n) is 7.91. The summed E-state index contributed by atoms with van der Waals surface area (Å²) >= 11 is 0. The van der Waals surface area contributed by atoms with Gasteiger partial charge in [-0.05, 0) is 82.0 Å². The lowest BCUT2D eigenvalue weighted by atomic mass is 9.53. The summed E-state index contributed by atoms with van der Waals surface area (Å²) < 4.78 is 17.9. The van der Waals surface area contributed by atoms with Gasteiger partial charge in [0.05, 0.1) is 25.4 Å². The lowest BCUT2D eigenvalue weighted by molar-refractivity contribution is -0.206. The van der Waals surface area contributed by atoms with Crippen LogP contribution in [0.1, 0.15) is 71.1 Å². The van der Waals surface area contributed by atoms with Crippen molar-refractivity contribution in [2.45, 2.75) is 83.0 Å². The average Bonchev–Trinajstić information content (AvgIpc) is 3.42. The highest BCUT2D eigenvalue weighted by Crippen LogP contribution is 2.68. The molecule has 0 amide bonds. The van der Waals surface area contributed by atoms with Crippen molar-refractivity contribution in [3.8, 4) is 0 Å². The Hall–Kier alpha value is -0.380.